The molecule has 0 bridgehead atoms. The number of carbonyl (C=O) groups is 1. The zero-order chi connectivity index (χ0) is 18.6. The smallest absolute Gasteiger partial charge is 0.331 e. The van der Waals surface area contributed by atoms with Crippen LogP contribution in [-0.2, 0) is 9.53 Å². The molecule has 0 aliphatic heterocycles. The van der Waals surface area contributed by atoms with Crippen LogP contribution in [-0.4, -0.2) is 11.6 Å². The summed E-state index contributed by atoms with van der Waals surface area (Å²) in [7, 11) is 0. The molecule has 0 amide bonds. The first kappa shape index (κ1) is 18.1. The zero-order valence-electron chi connectivity index (χ0n) is 14.6. The average molecular weight is 334 g/mol. The van der Waals surface area contributed by atoms with Gasteiger partial charge in [-0.2, -0.15) is 0 Å². The van der Waals surface area contributed by atoms with E-state index in [0.717, 1.165) is 21.9 Å². The summed E-state index contributed by atoms with van der Waals surface area (Å²) < 4.78 is 5.29. The Bertz CT molecular complexity index is 956. The van der Waals surface area contributed by atoms with Gasteiger partial charge < -0.3 is 4.74 Å². The fraction of sp³-hybridized carbons (Fsp3) is 0.263. The number of hydrogen-bond donors (Lipinski definition) is 0. The van der Waals surface area contributed by atoms with Crippen molar-refractivity contribution < 1.29 is 9.53 Å². The van der Waals surface area contributed by atoms with Crippen LogP contribution in [0, 0.1) is 6.57 Å². The molecule has 6 nitrogen and oxygen atoms in total. The number of esters is 1. The van der Waals surface area contributed by atoms with Gasteiger partial charge in [-0.05, 0) is 67.3 Å². The maximum atomic E-state index is 11.9. The van der Waals surface area contributed by atoms with E-state index >= 15 is 0 Å². The summed E-state index contributed by atoms with van der Waals surface area (Å²) in [6.45, 7) is 14.5. The fourth-order valence-corrected chi connectivity index (χ4v) is 2.33. The molecular weight excluding hydrogens is 316 g/mol. The van der Waals surface area contributed by atoms with Crippen molar-refractivity contribution in [2.45, 2.75) is 33.3 Å². The van der Waals surface area contributed by atoms with E-state index in [0.29, 0.717) is 5.69 Å². The monoisotopic (exact) mass is 334 g/mol. The lowest BCUT2D eigenvalue weighted by Crippen LogP contribution is -2.22. The molecule has 2 aromatic carbocycles. The minimum Gasteiger partial charge on any atom is -0.457 e. The molecular formula is C19H18N4O2. The molecule has 0 unspecified atom stereocenters. The van der Waals surface area contributed by atoms with Crippen LogP contribution < -0.4 is 0 Å². The molecule has 0 aliphatic carbocycles. The Hall–Kier alpha value is -3.29. The van der Waals surface area contributed by atoms with Crippen LogP contribution in [0.5, 0.6) is 0 Å². The summed E-state index contributed by atoms with van der Waals surface area (Å²) in [5, 5.41) is 5.23. The number of hydrogen-bond acceptors (Lipinski definition) is 3. The molecule has 0 saturated carbocycles. The van der Waals surface area contributed by atoms with Crippen LogP contribution in [0.1, 0.15) is 33.3 Å². The lowest BCUT2D eigenvalue weighted by atomic mass is 10.0. The molecule has 0 saturated heterocycles. The Labute approximate surface area is 146 Å². The summed E-state index contributed by atoms with van der Waals surface area (Å²) in [5.74, 6) is -0.398. The summed E-state index contributed by atoms with van der Waals surface area (Å²) in [6, 6.07) is 8.98. The minimum atomic E-state index is -0.542. The summed E-state index contributed by atoms with van der Waals surface area (Å²) >= 11 is 0. The van der Waals surface area contributed by atoms with E-state index in [1.165, 1.54) is 6.08 Å². The number of benzene rings is 2. The predicted molar refractivity (Wildman–Crippen MR) is 98.5 cm³/mol. The molecule has 25 heavy (non-hydrogen) atoms. The van der Waals surface area contributed by atoms with Crippen molar-refractivity contribution in [1.29, 1.82) is 0 Å². The van der Waals surface area contributed by atoms with Crippen molar-refractivity contribution in [3.63, 3.8) is 0 Å². The van der Waals surface area contributed by atoms with Gasteiger partial charge in [-0.1, -0.05) is 23.3 Å². The van der Waals surface area contributed by atoms with Gasteiger partial charge in [0.25, 0.3) is 0 Å². The van der Waals surface area contributed by atoms with Gasteiger partial charge in [-0.15, -0.1) is 0 Å². The molecule has 0 aromatic heterocycles. The van der Waals surface area contributed by atoms with Gasteiger partial charge >= 0.3 is 5.97 Å². The van der Waals surface area contributed by atoms with E-state index in [1.54, 1.807) is 12.1 Å². The minimum absolute atomic E-state index is 0.288. The predicted octanol–water partition coefficient (Wildman–Crippen LogP) is 6.08. The summed E-state index contributed by atoms with van der Waals surface area (Å²) in [4.78, 5) is 18.1. The van der Waals surface area contributed by atoms with Crippen molar-refractivity contribution in [1.82, 2.24) is 0 Å². The molecule has 0 N–H and O–H groups in total. The Morgan fingerprint density at radius 2 is 1.96 bits per heavy atom. The lowest BCUT2D eigenvalue weighted by Gasteiger charge is -2.18. The average Bonchev–Trinajstić information content (AvgIpc) is 2.52. The van der Waals surface area contributed by atoms with Gasteiger partial charge in [0.1, 0.15) is 5.60 Å². The van der Waals surface area contributed by atoms with Crippen molar-refractivity contribution in [3.8, 4) is 0 Å². The van der Waals surface area contributed by atoms with E-state index in [9.17, 15) is 4.79 Å². The Balaban J connectivity index is 2.44. The SMILES string of the molecule is [C-]#[N+]c1cc2cc(/C(C)=C/C(=O)OC(C)(C)C)ccc2cc1N=[N+]=[N-]. The highest BCUT2D eigenvalue weighted by Crippen LogP contribution is 2.34. The van der Waals surface area contributed by atoms with Crippen LogP contribution in [0.25, 0.3) is 31.6 Å². The van der Waals surface area contributed by atoms with Crippen LogP contribution in [0.15, 0.2) is 41.5 Å². The molecule has 0 atom stereocenters. The maximum absolute atomic E-state index is 11.9. The number of azide groups is 1. The van der Waals surface area contributed by atoms with Gasteiger partial charge in [0.2, 0.25) is 0 Å². The molecule has 0 spiro atoms. The third-order valence-corrected chi connectivity index (χ3v) is 3.40. The van der Waals surface area contributed by atoms with Gasteiger partial charge in [-0.25, -0.2) is 9.64 Å². The molecule has 0 aliphatic rings. The summed E-state index contributed by atoms with van der Waals surface area (Å²) in [6.07, 6.45) is 1.45. The van der Waals surface area contributed by atoms with Gasteiger partial charge in [-0.3, -0.25) is 0 Å². The zero-order valence-corrected chi connectivity index (χ0v) is 14.6. The second-order valence-corrected chi connectivity index (χ2v) is 6.56. The Kier molecular flexibility index (Phi) is 5.11. The topological polar surface area (TPSA) is 79.4 Å². The highest BCUT2D eigenvalue weighted by molar-refractivity contribution is 5.96. The normalized spacial score (nSPS) is 11.6. The number of rotatable bonds is 3. The van der Waals surface area contributed by atoms with Gasteiger partial charge in [0.15, 0.2) is 5.69 Å². The van der Waals surface area contributed by atoms with Crippen LogP contribution >= 0.6 is 0 Å². The maximum Gasteiger partial charge on any atom is 0.331 e. The van der Waals surface area contributed by atoms with E-state index in [2.05, 4.69) is 14.9 Å². The molecule has 6 heteroatoms. The second-order valence-electron chi connectivity index (χ2n) is 6.56. The van der Waals surface area contributed by atoms with Crippen molar-refractivity contribution in [3.05, 3.63) is 63.8 Å². The van der Waals surface area contributed by atoms with Crippen LogP contribution in [0.2, 0.25) is 0 Å². The summed E-state index contributed by atoms with van der Waals surface area (Å²) in [5.41, 5.74) is 10.3. The quantitative estimate of drug-likeness (QED) is 0.170. The second kappa shape index (κ2) is 7.08. The molecule has 0 heterocycles. The van der Waals surface area contributed by atoms with Crippen molar-refractivity contribution >= 4 is 33.7 Å². The number of ether oxygens (including phenoxy) is 1. The largest absolute Gasteiger partial charge is 0.457 e. The lowest BCUT2D eigenvalue weighted by molar-refractivity contribution is -0.148. The van der Waals surface area contributed by atoms with Crippen molar-refractivity contribution in [2.75, 3.05) is 0 Å². The first-order valence-corrected chi connectivity index (χ1v) is 7.65. The fourth-order valence-electron chi connectivity index (χ4n) is 2.33. The molecule has 2 aromatic rings. The Morgan fingerprint density at radius 1 is 1.24 bits per heavy atom. The third-order valence-electron chi connectivity index (χ3n) is 3.40. The van der Waals surface area contributed by atoms with Gasteiger partial charge in [0, 0.05) is 16.7 Å². The first-order chi connectivity index (χ1) is 11.7. The standard InChI is InChI=1S/C19H18N4O2/c1-12(8-18(24)25-19(2,3)4)13-6-7-14-10-17(22-23-20)16(21-5)11-15(14)9-13/h6-11H,1-4H3/b12-8+. The van der Waals surface area contributed by atoms with E-state index in [1.807, 2.05) is 45.9 Å². The Morgan fingerprint density at radius 3 is 2.56 bits per heavy atom. The van der Waals surface area contributed by atoms with E-state index < -0.39 is 11.6 Å². The van der Waals surface area contributed by atoms with E-state index in [-0.39, 0.29) is 5.69 Å². The first-order valence-electron chi connectivity index (χ1n) is 7.65. The van der Waals surface area contributed by atoms with Crippen molar-refractivity contribution in [2.24, 2.45) is 5.11 Å². The van der Waals surface area contributed by atoms with E-state index in [4.69, 9.17) is 16.8 Å². The number of fused-ring (bicyclic) bond motifs is 1. The van der Waals surface area contributed by atoms with Crippen LogP contribution in [0.4, 0.5) is 11.4 Å². The third kappa shape index (κ3) is 4.60. The highest BCUT2D eigenvalue weighted by atomic mass is 16.6. The van der Waals surface area contributed by atoms with Crippen LogP contribution in [0.3, 0.4) is 0 Å². The highest BCUT2D eigenvalue weighted by Gasteiger charge is 2.15. The van der Waals surface area contributed by atoms with Gasteiger partial charge in [0.05, 0.1) is 6.57 Å². The molecule has 0 fully saturated rings. The number of carbonyl (C=O) groups excluding carboxylic acids is 1. The molecule has 2 rings (SSSR count). The number of nitrogens with zero attached hydrogens (tertiary/aromatic N) is 4. The molecule has 126 valence electrons. The number of allylic oxidation sites excluding steroid dienone is 1. The molecule has 0 radical (unpaired) electrons.